The number of aliphatic hydroxyl groups is 1. The van der Waals surface area contributed by atoms with Gasteiger partial charge in [0.05, 0.1) is 12.1 Å². The van der Waals surface area contributed by atoms with Gasteiger partial charge < -0.3 is 31.5 Å². The van der Waals surface area contributed by atoms with Gasteiger partial charge in [0.15, 0.2) is 5.78 Å². The van der Waals surface area contributed by atoms with Gasteiger partial charge in [0.1, 0.15) is 18.7 Å². The smallest absolute Gasteiger partial charge is 0.408 e. The molecule has 0 saturated carbocycles. The summed E-state index contributed by atoms with van der Waals surface area (Å²) in [4.78, 5) is 54.7. The maximum Gasteiger partial charge on any atom is 0.408 e. The van der Waals surface area contributed by atoms with Crippen LogP contribution in [0.2, 0.25) is 0 Å². The van der Waals surface area contributed by atoms with Gasteiger partial charge in [-0.2, -0.15) is 0 Å². The van der Waals surface area contributed by atoms with Gasteiger partial charge in [-0.1, -0.05) is 84.2 Å². The van der Waals surface area contributed by atoms with Crippen molar-refractivity contribution in [2.24, 2.45) is 23.5 Å². The normalized spacial score (nSPS) is 14.9. The Hall–Kier alpha value is -3.76. The van der Waals surface area contributed by atoms with E-state index in [9.17, 15) is 24.3 Å². The van der Waals surface area contributed by atoms with Crippen LogP contribution in [0.15, 0.2) is 30.3 Å². The fraction of sp³-hybridized carbons (Fsp3) is 0.610. The molecule has 2 rings (SSSR count). The minimum atomic E-state index is -1.46. The molecule has 6 atom stereocenters. The zero-order chi connectivity index (χ0) is 38.4. The maximum atomic E-state index is 14.3. The van der Waals surface area contributed by atoms with E-state index in [-0.39, 0.29) is 37.1 Å². The number of hydrogen-bond donors (Lipinski definition) is 5. The zero-order valence-corrected chi connectivity index (χ0v) is 32.7. The number of unbranched alkanes of at least 4 members (excludes halogenated alkanes) is 1. The molecule has 0 heterocycles. The van der Waals surface area contributed by atoms with E-state index in [0.717, 1.165) is 46.2 Å². The molecule has 0 bridgehead atoms. The van der Waals surface area contributed by atoms with Crippen LogP contribution in [0.3, 0.4) is 0 Å². The average molecular weight is 709 g/mol. The quantitative estimate of drug-likeness (QED) is 0.116. The molecule has 2 aromatic carbocycles. The van der Waals surface area contributed by atoms with E-state index < -0.39 is 48.1 Å². The molecule has 10 nitrogen and oxygen atoms in total. The highest BCUT2D eigenvalue weighted by atomic mass is 16.5. The Labute approximate surface area is 306 Å². The number of aliphatic hydroxyl groups excluding tert-OH is 1. The van der Waals surface area contributed by atoms with E-state index in [1.807, 2.05) is 92.6 Å². The summed E-state index contributed by atoms with van der Waals surface area (Å²) in [6.45, 7) is 20.5. The molecule has 10 heteroatoms. The molecular formula is C41H64N4O6. The van der Waals surface area contributed by atoms with E-state index in [1.54, 1.807) is 0 Å². The van der Waals surface area contributed by atoms with E-state index in [0.29, 0.717) is 19.4 Å². The molecule has 0 aliphatic rings. The van der Waals surface area contributed by atoms with Gasteiger partial charge in [0.25, 0.3) is 0 Å². The number of hydrogen-bond acceptors (Lipinski definition) is 7. The van der Waals surface area contributed by atoms with Crippen molar-refractivity contribution in [3.05, 3.63) is 69.3 Å². The first-order chi connectivity index (χ1) is 24.0. The number of alkyl carbamates (subject to hydrolysis) is 1. The predicted molar refractivity (Wildman–Crippen MR) is 203 cm³/mol. The predicted octanol–water partition coefficient (Wildman–Crippen LogP) is 5.82. The molecule has 2 unspecified atom stereocenters. The molecule has 0 aliphatic carbocycles. The number of nitrogens with two attached hydrogens (primary N) is 1. The number of nitrogens with one attached hydrogen (secondary N) is 3. The Kier molecular flexibility index (Phi) is 17.8. The number of ketones is 1. The van der Waals surface area contributed by atoms with E-state index in [4.69, 9.17) is 10.5 Å². The second-order valence-electron chi connectivity index (χ2n) is 14.7. The van der Waals surface area contributed by atoms with Crippen LogP contribution >= 0.6 is 0 Å². The number of benzene rings is 2. The second-order valence-corrected chi connectivity index (χ2v) is 14.7. The Morgan fingerprint density at radius 2 is 1.41 bits per heavy atom. The molecule has 0 spiro atoms. The first-order valence-corrected chi connectivity index (χ1v) is 18.6. The Bertz CT molecular complexity index is 1430. The number of carbonyl (C=O) groups excluding carboxylic acids is 4. The summed E-state index contributed by atoms with van der Waals surface area (Å²) in [6.07, 6.45) is 0.838. The molecule has 0 aromatic heterocycles. The van der Waals surface area contributed by atoms with Crippen molar-refractivity contribution in [1.29, 1.82) is 0 Å². The number of ether oxygens (including phenoxy) is 1. The molecule has 0 saturated heterocycles. The molecule has 0 aliphatic heterocycles. The molecule has 0 radical (unpaired) electrons. The first-order valence-electron chi connectivity index (χ1n) is 18.6. The third-order valence-corrected chi connectivity index (χ3v) is 10.4. The molecule has 2 aromatic rings. The Morgan fingerprint density at radius 1 is 0.824 bits per heavy atom. The van der Waals surface area contributed by atoms with Crippen molar-refractivity contribution in [1.82, 2.24) is 16.0 Å². The van der Waals surface area contributed by atoms with Gasteiger partial charge in [-0.15, -0.1) is 0 Å². The van der Waals surface area contributed by atoms with Gasteiger partial charge in [0.2, 0.25) is 11.8 Å². The number of rotatable bonds is 20. The largest absolute Gasteiger partial charge is 0.445 e. The van der Waals surface area contributed by atoms with Crippen molar-refractivity contribution in [2.75, 3.05) is 6.54 Å². The van der Waals surface area contributed by atoms with Crippen LogP contribution in [0.5, 0.6) is 0 Å². The van der Waals surface area contributed by atoms with Gasteiger partial charge >= 0.3 is 6.09 Å². The van der Waals surface area contributed by atoms with Crippen molar-refractivity contribution in [3.8, 4) is 0 Å². The lowest BCUT2D eigenvalue weighted by Gasteiger charge is -2.31. The van der Waals surface area contributed by atoms with Gasteiger partial charge in [-0.05, 0) is 98.2 Å². The van der Waals surface area contributed by atoms with Crippen LogP contribution < -0.4 is 21.7 Å². The SMILES string of the molecule is CCCC[C@H](NC(=O)[C@H](Cc1c(C)c(C)c(C)c(C)c1C)NC(=O)OCc1ccccc1)C(=O)[C@@H](CC(C)C)[C@H](O)C(N)C(=O)NCC(C)CC. The number of amides is 3. The topological polar surface area (TPSA) is 160 Å². The summed E-state index contributed by atoms with van der Waals surface area (Å²) in [7, 11) is 0. The van der Waals surface area contributed by atoms with Crippen molar-refractivity contribution >= 4 is 23.7 Å². The summed E-state index contributed by atoms with van der Waals surface area (Å²) < 4.78 is 5.51. The van der Waals surface area contributed by atoms with Crippen molar-refractivity contribution < 1.29 is 29.0 Å². The minimum Gasteiger partial charge on any atom is -0.445 e. The molecule has 3 amide bonds. The van der Waals surface area contributed by atoms with E-state index in [1.165, 1.54) is 5.56 Å². The van der Waals surface area contributed by atoms with Crippen LogP contribution in [0.25, 0.3) is 0 Å². The first kappa shape index (κ1) is 43.4. The third kappa shape index (κ3) is 12.8. The second kappa shape index (κ2) is 20.9. The lowest BCUT2D eigenvalue weighted by atomic mass is 9.81. The minimum absolute atomic E-state index is 0.000677. The van der Waals surface area contributed by atoms with Crippen molar-refractivity contribution in [3.63, 3.8) is 0 Å². The summed E-state index contributed by atoms with van der Waals surface area (Å²) in [5.74, 6) is -2.21. The molecular weight excluding hydrogens is 644 g/mol. The average Bonchev–Trinajstić information content (AvgIpc) is 3.12. The Morgan fingerprint density at radius 3 is 1.96 bits per heavy atom. The lowest BCUT2D eigenvalue weighted by Crippen LogP contribution is -2.57. The molecule has 6 N–H and O–H groups in total. The Balaban J connectivity index is 2.44. The highest BCUT2D eigenvalue weighted by molar-refractivity contribution is 5.94. The molecule has 0 fully saturated rings. The van der Waals surface area contributed by atoms with E-state index in [2.05, 4.69) is 22.9 Å². The van der Waals surface area contributed by atoms with Gasteiger partial charge in [-0.3, -0.25) is 14.4 Å². The van der Waals surface area contributed by atoms with Crippen LogP contribution in [0, 0.1) is 52.4 Å². The van der Waals surface area contributed by atoms with Crippen molar-refractivity contribution in [2.45, 2.75) is 139 Å². The third-order valence-electron chi connectivity index (χ3n) is 10.4. The summed E-state index contributed by atoms with van der Waals surface area (Å²) in [6, 6.07) is 5.90. The monoisotopic (exact) mass is 708 g/mol. The number of Topliss-reactive ketones (excluding diaryl/α,β-unsaturated/α-hetero) is 1. The molecule has 284 valence electrons. The molecule has 51 heavy (non-hydrogen) atoms. The highest BCUT2D eigenvalue weighted by Gasteiger charge is 2.39. The zero-order valence-electron chi connectivity index (χ0n) is 32.7. The van der Waals surface area contributed by atoms with Gasteiger partial charge in [-0.25, -0.2) is 4.79 Å². The summed E-state index contributed by atoms with van der Waals surface area (Å²) in [5.41, 5.74) is 13.5. The lowest BCUT2D eigenvalue weighted by molar-refractivity contribution is -0.136. The summed E-state index contributed by atoms with van der Waals surface area (Å²) >= 11 is 0. The van der Waals surface area contributed by atoms with Crippen LogP contribution in [0.1, 0.15) is 106 Å². The number of carbonyl (C=O) groups is 4. The van der Waals surface area contributed by atoms with Gasteiger partial charge in [0, 0.05) is 18.9 Å². The van der Waals surface area contributed by atoms with Crippen LogP contribution in [0.4, 0.5) is 4.79 Å². The fourth-order valence-electron chi connectivity index (χ4n) is 6.30. The van der Waals surface area contributed by atoms with E-state index >= 15 is 0 Å². The van der Waals surface area contributed by atoms with Crippen LogP contribution in [-0.2, 0) is 32.1 Å². The highest BCUT2D eigenvalue weighted by Crippen LogP contribution is 2.28. The maximum absolute atomic E-state index is 14.3. The standard InChI is InChI=1S/C41H64N4O6/c1-11-13-19-34(37(46)33(20-24(3)4)38(47)36(42)40(49)43-22-25(5)12-2)44-39(48)35(45-41(50)51-23-31-17-15-14-16-18-31)21-32-29(9)27(7)26(6)28(8)30(32)10/h14-18,24-25,33-36,38,47H,11-13,19-23,42H2,1-10H3,(H,43,49)(H,44,48)(H,45,50)/t25?,33-,34+,35+,36?,38+/m1/s1. The van der Waals surface area contributed by atoms with Crippen LogP contribution in [-0.4, -0.2) is 59.6 Å². The fourth-order valence-corrected chi connectivity index (χ4v) is 6.30. The summed E-state index contributed by atoms with van der Waals surface area (Å²) in [5, 5.41) is 19.9.